The van der Waals surface area contributed by atoms with Crippen molar-refractivity contribution in [3.05, 3.63) is 47.1 Å². The normalized spacial score (nSPS) is 11.1. The molecule has 1 N–H and O–H groups in total. The van der Waals surface area contributed by atoms with E-state index >= 15 is 0 Å². The molecule has 1 aromatic rings. The number of carbonyl (C=O) groups excluding carboxylic acids is 1. The van der Waals surface area contributed by atoms with Crippen molar-refractivity contribution in [2.75, 3.05) is 6.61 Å². The van der Waals surface area contributed by atoms with E-state index in [0.717, 1.165) is 12.8 Å². The molecule has 0 aliphatic heterocycles. The van der Waals surface area contributed by atoms with Crippen LogP contribution in [0.4, 0.5) is 0 Å². The van der Waals surface area contributed by atoms with Crippen LogP contribution < -0.4 is 4.74 Å². The van der Waals surface area contributed by atoms with Crippen LogP contribution in [0.2, 0.25) is 0 Å². The van der Waals surface area contributed by atoms with Gasteiger partial charge in [-0.15, -0.1) is 0 Å². The summed E-state index contributed by atoms with van der Waals surface area (Å²) in [6.45, 7) is 8.16. The predicted molar refractivity (Wildman–Crippen MR) is 86.0 cm³/mol. The highest BCUT2D eigenvalue weighted by Gasteiger charge is 2.07. The fraction of sp³-hybridized carbons (Fsp3) is 0.389. The van der Waals surface area contributed by atoms with E-state index in [9.17, 15) is 9.90 Å². The number of aromatic hydroxyl groups is 1. The Morgan fingerprint density at radius 2 is 1.90 bits per heavy atom. The molecule has 0 atom stereocenters. The molecule has 0 heterocycles. The van der Waals surface area contributed by atoms with Gasteiger partial charge in [0.15, 0.2) is 5.78 Å². The molecule has 0 aromatic heterocycles. The van der Waals surface area contributed by atoms with Gasteiger partial charge in [0.1, 0.15) is 18.1 Å². The standard InChI is InChI=1S/C18H24O3/c1-13(2)6-5-7-14(3)10-11-21-16-8-9-17(15(4)19)18(20)12-16/h6,8-10,12,20H,5,7,11H2,1-4H3/b14-10+. The van der Waals surface area contributed by atoms with Gasteiger partial charge in [-0.1, -0.05) is 17.2 Å². The van der Waals surface area contributed by atoms with Crippen molar-refractivity contribution in [1.29, 1.82) is 0 Å². The summed E-state index contributed by atoms with van der Waals surface area (Å²) >= 11 is 0. The Balaban J connectivity index is 2.50. The minimum atomic E-state index is -0.158. The zero-order valence-electron chi connectivity index (χ0n) is 13.3. The molecule has 3 nitrogen and oxygen atoms in total. The van der Waals surface area contributed by atoms with Gasteiger partial charge in [-0.2, -0.15) is 0 Å². The molecule has 0 spiro atoms. The van der Waals surface area contributed by atoms with Gasteiger partial charge < -0.3 is 9.84 Å². The molecule has 21 heavy (non-hydrogen) atoms. The average molecular weight is 288 g/mol. The zero-order chi connectivity index (χ0) is 15.8. The Hall–Kier alpha value is -2.03. The summed E-state index contributed by atoms with van der Waals surface area (Å²) in [5.74, 6) is 0.365. The highest BCUT2D eigenvalue weighted by molar-refractivity contribution is 5.96. The Kier molecular flexibility index (Phi) is 6.73. The van der Waals surface area contributed by atoms with E-state index in [2.05, 4.69) is 26.8 Å². The van der Waals surface area contributed by atoms with Crippen LogP contribution in [-0.4, -0.2) is 17.5 Å². The summed E-state index contributed by atoms with van der Waals surface area (Å²) in [5, 5.41) is 9.72. The van der Waals surface area contributed by atoms with E-state index in [1.165, 1.54) is 24.1 Å². The summed E-state index contributed by atoms with van der Waals surface area (Å²) in [7, 11) is 0. The number of phenolic OH excluding ortho intramolecular Hbond substituents is 1. The smallest absolute Gasteiger partial charge is 0.163 e. The molecule has 1 aromatic carbocycles. The third kappa shape index (κ3) is 6.30. The molecule has 0 aliphatic rings. The molecule has 0 radical (unpaired) electrons. The summed E-state index contributed by atoms with van der Waals surface area (Å²) < 4.78 is 5.56. The molecule has 1 rings (SSSR count). The first-order valence-electron chi connectivity index (χ1n) is 7.16. The van der Waals surface area contributed by atoms with E-state index < -0.39 is 0 Å². The van der Waals surface area contributed by atoms with Crippen LogP contribution in [0.3, 0.4) is 0 Å². The van der Waals surface area contributed by atoms with Crippen molar-refractivity contribution in [1.82, 2.24) is 0 Å². The lowest BCUT2D eigenvalue weighted by molar-refractivity contribution is 0.101. The zero-order valence-corrected chi connectivity index (χ0v) is 13.3. The molecule has 0 amide bonds. The lowest BCUT2D eigenvalue weighted by Gasteiger charge is -2.07. The van der Waals surface area contributed by atoms with E-state index in [-0.39, 0.29) is 11.5 Å². The maximum absolute atomic E-state index is 11.2. The van der Waals surface area contributed by atoms with E-state index in [1.807, 2.05) is 6.08 Å². The molecule has 0 bridgehead atoms. The summed E-state index contributed by atoms with van der Waals surface area (Å²) in [4.78, 5) is 11.2. The van der Waals surface area contributed by atoms with Crippen LogP contribution in [0.25, 0.3) is 0 Å². The Morgan fingerprint density at radius 1 is 1.19 bits per heavy atom. The average Bonchev–Trinajstić information content (AvgIpc) is 2.37. The molecular formula is C18H24O3. The highest BCUT2D eigenvalue weighted by Crippen LogP contribution is 2.24. The highest BCUT2D eigenvalue weighted by atomic mass is 16.5. The third-order valence-corrected chi connectivity index (χ3v) is 3.12. The van der Waals surface area contributed by atoms with Gasteiger partial charge in [0.05, 0.1) is 5.56 Å². The second-order valence-corrected chi connectivity index (χ2v) is 5.42. The first kappa shape index (κ1) is 17.0. The first-order chi connectivity index (χ1) is 9.90. The molecule has 0 aliphatic carbocycles. The Bertz CT molecular complexity index is 550. The molecular weight excluding hydrogens is 264 g/mol. The fourth-order valence-corrected chi connectivity index (χ4v) is 1.87. The van der Waals surface area contributed by atoms with Crippen molar-refractivity contribution >= 4 is 5.78 Å². The minimum Gasteiger partial charge on any atom is -0.507 e. The maximum atomic E-state index is 11.2. The Labute approximate surface area is 127 Å². The van der Waals surface area contributed by atoms with E-state index in [0.29, 0.717) is 17.9 Å². The number of Topliss-reactive ketones (excluding diaryl/α,β-unsaturated/α-hetero) is 1. The predicted octanol–water partition coefficient (Wildman–Crippen LogP) is 4.67. The number of rotatable bonds is 7. The SMILES string of the molecule is CC(=O)c1ccc(OC/C=C(\C)CCC=C(C)C)cc1O. The van der Waals surface area contributed by atoms with Crippen molar-refractivity contribution in [3.8, 4) is 11.5 Å². The number of benzene rings is 1. The van der Waals surface area contributed by atoms with Crippen LogP contribution in [0.15, 0.2) is 41.5 Å². The lowest BCUT2D eigenvalue weighted by atomic mass is 10.1. The monoisotopic (exact) mass is 288 g/mol. The van der Waals surface area contributed by atoms with Crippen molar-refractivity contribution in [2.45, 2.75) is 40.5 Å². The van der Waals surface area contributed by atoms with Gasteiger partial charge in [0, 0.05) is 6.07 Å². The summed E-state index contributed by atoms with van der Waals surface area (Å²) in [6, 6.07) is 4.75. The molecule has 0 saturated carbocycles. The van der Waals surface area contributed by atoms with Crippen LogP contribution >= 0.6 is 0 Å². The lowest BCUT2D eigenvalue weighted by Crippen LogP contribution is -1.97. The van der Waals surface area contributed by atoms with Gasteiger partial charge in [-0.3, -0.25) is 4.79 Å². The van der Waals surface area contributed by atoms with Crippen LogP contribution in [0.5, 0.6) is 11.5 Å². The van der Waals surface area contributed by atoms with Crippen molar-refractivity contribution in [2.24, 2.45) is 0 Å². The van der Waals surface area contributed by atoms with Gasteiger partial charge in [-0.25, -0.2) is 0 Å². The molecule has 114 valence electrons. The number of phenols is 1. The molecule has 0 unspecified atom stereocenters. The quantitative estimate of drug-likeness (QED) is 0.586. The minimum absolute atomic E-state index is 0.0377. The first-order valence-corrected chi connectivity index (χ1v) is 7.16. The van der Waals surface area contributed by atoms with Crippen molar-refractivity contribution < 1.29 is 14.6 Å². The topological polar surface area (TPSA) is 46.5 Å². The molecule has 0 fully saturated rings. The molecule has 0 saturated heterocycles. The van der Waals surface area contributed by atoms with E-state index in [4.69, 9.17) is 4.74 Å². The fourth-order valence-electron chi connectivity index (χ4n) is 1.87. The van der Waals surface area contributed by atoms with Crippen LogP contribution in [-0.2, 0) is 0 Å². The second kappa shape index (κ2) is 8.30. The molecule has 3 heteroatoms. The van der Waals surface area contributed by atoms with Crippen LogP contribution in [0, 0.1) is 0 Å². The van der Waals surface area contributed by atoms with Gasteiger partial charge >= 0.3 is 0 Å². The number of carbonyl (C=O) groups is 1. The van der Waals surface area contributed by atoms with Gasteiger partial charge in [-0.05, 0) is 58.7 Å². The summed E-state index contributed by atoms with van der Waals surface area (Å²) in [5.41, 5.74) is 2.92. The van der Waals surface area contributed by atoms with Gasteiger partial charge in [0.2, 0.25) is 0 Å². The van der Waals surface area contributed by atoms with Gasteiger partial charge in [0.25, 0.3) is 0 Å². The Morgan fingerprint density at radius 3 is 2.48 bits per heavy atom. The van der Waals surface area contributed by atoms with Crippen molar-refractivity contribution in [3.63, 3.8) is 0 Å². The number of hydrogen-bond acceptors (Lipinski definition) is 3. The number of allylic oxidation sites excluding steroid dienone is 3. The second-order valence-electron chi connectivity index (χ2n) is 5.42. The third-order valence-electron chi connectivity index (χ3n) is 3.12. The van der Waals surface area contributed by atoms with E-state index in [1.54, 1.807) is 12.1 Å². The van der Waals surface area contributed by atoms with Crippen LogP contribution in [0.1, 0.15) is 50.9 Å². The maximum Gasteiger partial charge on any atom is 0.163 e. The summed E-state index contributed by atoms with van der Waals surface area (Å²) in [6.07, 6.45) is 6.31. The number of ether oxygens (including phenoxy) is 1. The number of hydrogen-bond donors (Lipinski definition) is 1. The largest absolute Gasteiger partial charge is 0.507 e. The number of ketones is 1.